The van der Waals surface area contributed by atoms with E-state index in [0.717, 1.165) is 10.0 Å². The minimum absolute atomic E-state index is 0.00120. The fourth-order valence-electron chi connectivity index (χ4n) is 1.81. The summed E-state index contributed by atoms with van der Waals surface area (Å²) < 4.78 is 29.6. The minimum Gasteiger partial charge on any atom is -0.492 e. The summed E-state index contributed by atoms with van der Waals surface area (Å²) >= 11 is 3.35. The van der Waals surface area contributed by atoms with Crippen LogP contribution < -0.4 is 4.74 Å². The van der Waals surface area contributed by atoms with Crippen LogP contribution in [0, 0.1) is 6.92 Å². The number of rotatable bonds is 7. The van der Waals surface area contributed by atoms with Crippen molar-refractivity contribution in [2.75, 3.05) is 18.1 Å². The highest BCUT2D eigenvalue weighted by molar-refractivity contribution is 9.10. The van der Waals surface area contributed by atoms with E-state index in [2.05, 4.69) is 15.9 Å². The highest BCUT2D eigenvalue weighted by Gasteiger charge is 2.12. The second-order valence-corrected chi connectivity index (χ2v) is 7.59. The largest absolute Gasteiger partial charge is 0.492 e. The van der Waals surface area contributed by atoms with Gasteiger partial charge in [0.1, 0.15) is 12.4 Å². The fraction of sp³-hybridized carbons (Fsp3) is 0.538. The Labute approximate surface area is 122 Å². The van der Waals surface area contributed by atoms with E-state index >= 15 is 0 Å². The van der Waals surface area contributed by atoms with Crippen LogP contribution in [0.1, 0.15) is 24.5 Å². The van der Waals surface area contributed by atoms with E-state index in [1.807, 2.05) is 19.9 Å². The van der Waals surface area contributed by atoms with Gasteiger partial charge < -0.3 is 9.84 Å². The number of hydrogen-bond donors (Lipinski definition) is 1. The number of aliphatic hydroxyl groups excluding tert-OH is 1. The van der Waals surface area contributed by atoms with Crippen LogP contribution >= 0.6 is 15.9 Å². The van der Waals surface area contributed by atoms with Crippen molar-refractivity contribution in [1.82, 2.24) is 0 Å². The first-order valence-electron chi connectivity index (χ1n) is 6.12. The zero-order valence-electron chi connectivity index (χ0n) is 11.1. The van der Waals surface area contributed by atoms with Crippen molar-refractivity contribution in [3.63, 3.8) is 0 Å². The molecule has 1 aromatic carbocycles. The molecule has 0 amide bonds. The number of sulfone groups is 1. The van der Waals surface area contributed by atoms with Crippen molar-refractivity contribution in [2.45, 2.75) is 26.9 Å². The first kappa shape index (κ1) is 16.5. The maximum absolute atomic E-state index is 11.6. The maximum Gasteiger partial charge on any atom is 0.153 e. The van der Waals surface area contributed by atoms with Crippen molar-refractivity contribution in [3.8, 4) is 5.75 Å². The van der Waals surface area contributed by atoms with Crippen LogP contribution in [0.4, 0.5) is 0 Å². The molecule has 6 heteroatoms. The van der Waals surface area contributed by atoms with E-state index in [0.29, 0.717) is 17.7 Å². The summed E-state index contributed by atoms with van der Waals surface area (Å²) in [5.74, 6) is 0.751. The average molecular weight is 351 g/mol. The Morgan fingerprint density at radius 1 is 1.32 bits per heavy atom. The van der Waals surface area contributed by atoms with Gasteiger partial charge >= 0.3 is 0 Å². The minimum atomic E-state index is -3.04. The van der Waals surface area contributed by atoms with Crippen LogP contribution in [0.2, 0.25) is 0 Å². The lowest BCUT2D eigenvalue weighted by atomic mass is 10.1. The van der Waals surface area contributed by atoms with Gasteiger partial charge in [0, 0.05) is 10.0 Å². The van der Waals surface area contributed by atoms with E-state index in [9.17, 15) is 13.5 Å². The van der Waals surface area contributed by atoms with Gasteiger partial charge in [-0.3, -0.25) is 0 Å². The van der Waals surface area contributed by atoms with Gasteiger partial charge in [0.2, 0.25) is 0 Å². The molecule has 108 valence electrons. The molecule has 0 aliphatic carbocycles. The van der Waals surface area contributed by atoms with Crippen molar-refractivity contribution in [3.05, 3.63) is 27.7 Å². The molecule has 0 radical (unpaired) electrons. The van der Waals surface area contributed by atoms with E-state index in [-0.39, 0.29) is 24.7 Å². The predicted molar refractivity (Wildman–Crippen MR) is 79.2 cm³/mol. The molecule has 1 aromatic rings. The lowest BCUT2D eigenvalue weighted by Crippen LogP contribution is -2.17. The molecule has 0 heterocycles. The summed E-state index contributed by atoms with van der Waals surface area (Å²) in [6.07, 6.45) is 0.613. The molecule has 19 heavy (non-hydrogen) atoms. The molecule has 0 fully saturated rings. The molecule has 1 N–H and O–H groups in total. The zero-order chi connectivity index (χ0) is 14.5. The van der Waals surface area contributed by atoms with Gasteiger partial charge in [-0.25, -0.2) is 8.42 Å². The number of halogens is 1. The fourth-order valence-corrected chi connectivity index (χ4v) is 3.59. The quantitative estimate of drug-likeness (QED) is 0.820. The Kier molecular flexibility index (Phi) is 6.29. The van der Waals surface area contributed by atoms with Crippen molar-refractivity contribution >= 4 is 25.8 Å². The van der Waals surface area contributed by atoms with Gasteiger partial charge in [0.05, 0.1) is 18.1 Å². The van der Waals surface area contributed by atoms with E-state index in [4.69, 9.17) is 4.74 Å². The Hall–Kier alpha value is -0.590. The third-order valence-electron chi connectivity index (χ3n) is 2.64. The van der Waals surface area contributed by atoms with Gasteiger partial charge in [-0.15, -0.1) is 0 Å². The molecule has 0 atom stereocenters. The van der Waals surface area contributed by atoms with Gasteiger partial charge in [0.15, 0.2) is 9.84 Å². The molecular weight excluding hydrogens is 332 g/mol. The van der Waals surface area contributed by atoms with Gasteiger partial charge in [-0.2, -0.15) is 0 Å². The molecule has 4 nitrogen and oxygen atoms in total. The van der Waals surface area contributed by atoms with Gasteiger partial charge in [-0.05, 0) is 31.0 Å². The molecule has 0 spiro atoms. The second-order valence-electron chi connectivity index (χ2n) is 4.37. The summed E-state index contributed by atoms with van der Waals surface area (Å²) in [6, 6.07) is 3.64. The number of aryl methyl sites for hydroxylation is 1. The molecule has 0 aromatic heterocycles. The second kappa shape index (κ2) is 7.26. The van der Waals surface area contributed by atoms with Crippen LogP contribution in [-0.4, -0.2) is 31.6 Å². The Balaban J connectivity index is 2.73. The first-order chi connectivity index (χ1) is 8.89. The number of ether oxygens (including phenoxy) is 1. The molecule has 0 saturated carbocycles. The first-order valence-corrected chi connectivity index (χ1v) is 8.74. The van der Waals surface area contributed by atoms with Crippen LogP contribution in [0.15, 0.2) is 16.6 Å². The Bertz CT molecular complexity index is 526. The summed E-state index contributed by atoms with van der Waals surface area (Å²) in [4.78, 5) is 0. The third kappa shape index (κ3) is 5.12. The monoisotopic (exact) mass is 350 g/mol. The van der Waals surface area contributed by atoms with Crippen LogP contribution in [-0.2, 0) is 16.4 Å². The SMILES string of the molecule is CCCS(=O)(=O)CCOc1c(C)cc(Br)cc1CO. The highest BCUT2D eigenvalue weighted by atomic mass is 79.9. The van der Waals surface area contributed by atoms with Gasteiger partial charge in [-0.1, -0.05) is 22.9 Å². The van der Waals surface area contributed by atoms with E-state index in [1.165, 1.54) is 0 Å². The van der Waals surface area contributed by atoms with E-state index < -0.39 is 9.84 Å². The predicted octanol–water partition coefficient (Wildman–Crippen LogP) is 2.45. The van der Waals surface area contributed by atoms with E-state index in [1.54, 1.807) is 6.07 Å². The molecule has 1 rings (SSSR count). The smallest absolute Gasteiger partial charge is 0.153 e. The summed E-state index contributed by atoms with van der Waals surface area (Å²) in [5.41, 5.74) is 1.52. The maximum atomic E-state index is 11.6. The van der Waals surface area contributed by atoms with Crippen molar-refractivity contribution < 1.29 is 18.3 Å². The highest BCUT2D eigenvalue weighted by Crippen LogP contribution is 2.28. The van der Waals surface area contributed by atoms with Crippen molar-refractivity contribution in [1.29, 1.82) is 0 Å². The molecule has 0 aliphatic rings. The zero-order valence-corrected chi connectivity index (χ0v) is 13.6. The standard InChI is InChI=1S/C13H19BrO4S/c1-3-5-19(16,17)6-4-18-13-10(2)7-12(14)8-11(13)9-15/h7-8,15H,3-6,9H2,1-2H3. The van der Waals surface area contributed by atoms with Gasteiger partial charge in [0.25, 0.3) is 0 Å². The van der Waals surface area contributed by atoms with Crippen LogP contribution in [0.5, 0.6) is 5.75 Å². The number of hydrogen-bond acceptors (Lipinski definition) is 4. The molecule has 0 aliphatic heterocycles. The van der Waals surface area contributed by atoms with Crippen LogP contribution in [0.3, 0.4) is 0 Å². The molecular formula is C13H19BrO4S. The summed E-state index contributed by atoms with van der Waals surface area (Å²) in [7, 11) is -3.04. The number of benzene rings is 1. The topological polar surface area (TPSA) is 63.6 Å². The Morgan fingerprint density at radius 2 is 2.00 bits per heavy atom. The Morgan fingerprint density at radius 3 is 2.58 bits per heavy atom. The molecule has 0 bridgehead atoms. The summed E-state index contributed by atoms with van der Waals surface area (Å²) in [5, 5.41) is 9.29. The lowest BCUT2D eigenvalue weighted by molar-refractivity contribution is 0.266. The lowest BCUT2D eigenvalue weighted by Gasteiger charge is -2.13. The normalized spacial score (nSPS) is 11.6. The molecule has 0 unspecified atom stereocenters. The third-order valence-corrected chi connectivity index (χ3v) is 4.92. The number of aliphatic hydroxyl groups is 1. The summed E-state index contributed by atoms with van der Waals surface area (Å²) in [6.45, 7) is 3.66. The van der Waals surface area contributed by atoms with Crippen LogP contribution in [0.25, 0.3) is 0 Å². The molecule has 0 saturated heterocycles. The van der Waals surface area contributed by atoms with Crippen molar-refractivity contribution in [2.24, 2.45) is 0 Å². The average Bonchev–Trinajstić information content (AvgIpc) is 2.31.